The zero-order chi connectivity index (χ0) is 20.7. The number of anilines is 1. The molecular weight excluding hydrogens is 382 g/mol. The van der Waals surface area contributed by atoms with Gasteiger partial charge >= 0.3 is 0 Å². The third-order valence-corrected chi connectivity index (χ3v) is 6.71. The number of pyridine rings is 1. The van der Waals surface area contributed by atoms with Crippen LogP contribution in [0.1, 0.15) is 42.9 Å². The Morgan fingerprint density at radius 1 is 1.17 bits per heavy atom. The first-order valence-electron chi connectivity index (χ1n) is 10.0. The molecule has 0 radical (unpaired) electrons. The number of fused-ring (bicyclic) bond motifs is 1. The van der Waals surface area contributed by atoms with Gasteiger partial charge in [0.2, 0.25) is 0 Å². The highest BCUT2D eigenvalue weighted by Gasteiger charge is 2.26. The minimum atomic E-state index is 0.433. The van der Waals surface area contributed by atoms with Crippen molar-refractivity contribution in [3.05, 3.63) is 46.9 Å². The summed E-state index contributed by atoms with van der Waals surface area (Å²) in [6.07, 6.45) is 10.1. The van der Waals surface area contributed by atoms with Gasteiger partial charge < -0.3 is 15.2 Å². The van der Waals surface area contributed by atoms with Crippen LogP contribution in [0, 0.1) is 18.3 Å². The van der Waals surface area contributed by atoms with E-state index in [1.54, 1.807) is 12.4 Å². The number of nitriles is 1. The second-order valence-corrected chi connectivity index (χ2v) is 8.64. The maximum Gasteiger partial charge on any atom is 0.0994 e. The van der Waals surface area contributed by atoms with E-state index in [-0.39, 0.29) is 0 Å². The van der Waals surface area contributed by atoms with Crippen LogP contribution in [0.5, 0.6) is 0 Å². The third-order valence-electron chi connectivity index (χ3n) is 6.29. The summed E-state index contributed by atoms with van der Waals surface area (Å²) >= 11 is 6.54. The first kappa shape index (κ1) is 19.8. The molecule has 0 bridgehead atoms. The molecule has 0 spiro atoms. The average Bonchev–Trinajstić information content (AvgIpc) is 3.07. The maximum absolute atomic E-state index is 9.55. The number of hydrogen-bond donors (Lipinski definition) is 1. The number of halogens is 1. The summed E-state index contributed by atoms with van der Waals surface area (Å²) in [7, 11) is 4.32. The molecule has 3 aromatic rings. The molecule has 1 fully saturated rings. The van der Waals surface area contributed by atoms with Gasteiger partial charge in [0.05, 0.1) is 28.5 Å². The lowest BCUT2D eigenvalue weighted by molar-refractivity contribution is 0.197. The lowest BCUT2D eigenvalue weighted by Gasteiger charge is -2.33. The Hall–Kier alpha value is -2.55. The monoisotopic (exact) mass is 407 g/mol. The SMILES string of the molecule is Cc1cc2c(cc1C#N)c(-c1cncc(N)c1Cl)cn2C1CCC(N(C)C)CC1. The molecule has 1 aliphatic rings. The maximum atomic E-state index is 9.55. The average molecular weight is 408 g/mol. The summed E-state index contributed by atoms with van der Waals surface area (Å²) in [4.78, 5) is 6.58. The molecule has 1 aliphatic carbocycles. The van der Waals surface area contributed by atoms with Crippen molar-refractivity contribution in [2.75, 3.05) is 19.8 Å². The van der Waals surface area contributed by atoms with E-state index in [2.05, 4.69) is 46.9 Å². The zero-order valence-electron chi connectivity index (χ0n) is 17.1. The molecule has 2 heterocycles. The molecule has 0 aliphatic heterocycles. The van der Waals surface area contributed by atoms with Crippen molar-refractivity contribution < 1.29 is 0 Å². The Balaban J connectivity index is 1.87. The molecule has 2 N–H and O–H groups in total. The number of rotatable bonds is 3. The smallest absolute Gasteiger partial charge is 0.0994 e. The van der Waals surface area contributed by atoms with Crippen LogP contribution in [0.25, 0.3) is 22.0 Å². The van der Waals surface area contributed by atoms with Gasteiger partial charge in [-0.25, -0.2) is 0 Å². The van der Waals surface area contributed by atoms with E-state index in [1.807, 2.05) is 13.0 Å². The lowest BCUT2D eigenvalue weighted by atomic mass is 9.90. The Morgan fingerprint density at radius 2 is 1.90 bits per heavy atom. The summed E-state index contributed by atoms with van der Waals surface area (Å²) in [5.74, 6) is 0. The van der Waals surface area contributed by atoms with Gasteiger partial charge in [-0.15, -0.1) is 0 Å². The Morgan fingerprint density at radius 3 is 2.55 bits per heavy atom. The number of benzene rings is 1. The largest absolute Gasteiger partial charge is 0.396 e. The van der Waals surface area contributed by atoms with E-state index in [9.17, 15) is 5.26 Å². The minimum Gasteiger partial charge on any atom is -0.396 e. The van der Waals surface area contributed by atoms with Gasteiger partial charge in [-0.3, -0.25) is 4.98 Å². The van der Waals surface area contributed by atoms with Crippen molar-refractivity contribution in [1.29, 1.82) is 5.26 Å². The first-order valence-corrected chi connectivity index (χ1v) is 10.4. The van der Waals surface area contributed by atoms with Crippen molar-refractivity contribution in [1.82, 2.24) is 14.5 Å². The summed E-state index contributed by atoms with van der Waals surface area (Å²) in [5, 5.41) is 11.1. The predicted octanol–water partition coefficient (Wildman–Crippen LogP) is 5.16. The van der Waals surface area contributed by atoms with Gasteiger partial charge in [0.25, 0.3) is 0 Å². The van der Waals surface area contributed by atoms with Crippen molar-refractivity contribution in [3.63, 3.8) is 0 Å². The molecule has 0 saturated heterocycles. The zero-order valence-corrected chi connectivity index (χ0v) is 17.9. The molecule has 0 atom stereocenters. The van der Waals surface area contributed by atoms with E-state index < -0.39 is 0 Å². The van der Waals surface area contributed by atoms with Crippen LogP contribution in [0.2, 0.25) is 5.02 Å². The van der Waals surface area contributed by atoms with Gasteiger partial charge in [0.1, 0.15) is 0 Å². The molecule has 0 amide bonds. The van der Waals surface area contributed by atoms with E-state index in [1.165, 1.54) is 12.8 Å². The number of nitrogens with two attached hydrogens (primary N) is 1. The van der Waals surface area contributed by atoms with Crippen molar-refractivity contribution in [2.45, 2.75) is 44.7 Å². The molecule has 4 rings (SSSR count). The summed E-state index contributed by atoms with van der Waals surface area (Å²) in [5.41, 5.74) is 11.1. The fourth-order valence-electron chi connectivity index (χ4n) is 4.54. The van der Waals surface area contributed by atoms with Crippen molar-refractivity contribution >= 4 is 28.2 Å². The van der Waals surface area contributed by atoms with Gasteiger partial charge in [0.15, 0.2) is 0 Å². The summed E-state index contributed by atoms with van der Waals surface area (Å²) in [6.45, 7) is 1.99. The summed E-state index contributed by atoms with van der Waals surface area (Å²) < 4.78 is 2.38. The molecule has 0 unspecified atom stereocenters. The van der Waals surface area contributed by atoms with Gasteiger partial charge in [-0.1, -0.05) is 11.6 Å². The van der Waals surface area contributed by atoms with Gasteiger partial charge in [-0.05, 0) is 64.4 Å². The predicted molar refractivity (Wildman–Crippen MR) is 119 cm³/mol. The van der Waals surface area contributed by atoms with Crippen molar-refractivity contribution in [2.24, 2.45) is 0 Å². The number of hydrogen-bond acceptors (Lipinski definition) is 4. The van der Waals surface area contributed by atoms with Crippen LogP contribution in [0.3, 0.4) is 0 Å². The van der Waals surface area contributed by atoms with Gasteiger partial charge in [0, 0.05) is 46.5 Å². The second-order valence-electron chi connectivity index (χ2n) is 8.26. The fraction of sp³-hybridized carbons (Fsp3) is 0.391. The molecular formula is C23H26ClN5. The minimum absolute atomic E-state index is 0.433. The standard InChI is InChI=1S/C23H26ClN5/c1-14-8-22-18(9-15(14)10-25)20(19-11-27-12-21(26)23(19)24)13-29(22)17-6-4-16(5-7-17)28(2)3/h8-9,11-13,16-17H,4-7,26H2,1-3H3. The first-order chi connectivity index (χ1) is 13.9. The van der Waals surface area contributed by atoms with Crippen molar-refractivity contribution in [3.8, 4) is 17.2 Å². The van der Waals surface area contributed by atoms with Gasteiger partial charge in [-0.2, -0.15) is 5.26 Å². The molecule has 2 aromatic heterocycles. The highest BCUT2D eigenvalue weighted by atomic mass is 35.5. The Kier molecular flexibility index (Phi) is 5.24. The molecule has 1 saturated carbocycles. The fourth-order valence-corrected chi connectivity index (χ4v) is 4.74. The molecule has 1 aromatic carbocycles. The van der Waals surface area contributed by atoms with E-state index >= 15 is 0 Å². The van der Waals surface area contributed by atoms with Crippen LogP contribution in [0.4, 0.5) is 5.69 Å². The van der Waals surface area contributed by atoms with Crippen LogP contribution < -0.4 is 5.73 Å². The topological polar surface area (TPSA) is 70.9 Å². The van der Waals surface area contributed by atoms with Crippen LogP contribution in [0.15, 0.2) is 30.7 Å². The number of aryl methyl sites for hydroxylation is 1. The Labute approximate surface area is 176 Å². The highest BCUT2D eigenvalue weighted by Crippen LogP contribution is 2.41. The number of nitrogen functional groups attached to an aromatic ring is 1. The molecule has 5 nitrogen and oxygen atoms in total. The molecule has 150 valence electrons. The molecule has 6 heteroatoms. The summed E-state index contributed by atoms with van der Waals surface area (Å²) in [6, 6.07) is 7.49. The lowest BCUT2D eigenvalue weighted by Crippen LogP contribution is -2.32. The number of aromatic nitrogens is 2. The molecule has 29 heavy (non-hydrogen) atoms. The number of nitrogens with zero attached hydrogens (tertiary/aromatic N) is 4. The third kappa shape index (κ3) is 3.48. The highest BCUT2D eigenvalue weighted by molar-refractivity contribution is 6.36. The van der Waals surface area contributed by atoms with Crippen LogP contribution in [-0.2, 0) is 0 Å². The van der Waals surface area contributed by atoms with E-state index in [0.29, 0.717) is 28.4 Å². The van der Waals surface area contributed by atoms with Crippen LogP contribution in [-0.4, -0.2) is 34.6 Å². The quantitative estimate of drug-likeness (QED) is 0.650. The van der Waals surface area contributed by atoms with Crippen LogP contribution >= 0.6 is 11.6 Å². The van der Waals surface area contributed by atoms with E-state index in [4.69, 9.17) is 17.3 Å². The Bertz CT molecular complexity index is 1100. The second kappa shape index (κ2) is 7.70. The van der Waals surface area contributed by atoms with E-state index in [0.717, 1.165) is 40.4 Å². The normalized spacial score (nSPS) is 19.6.